The van der Waals surface area contributed by atoms with E-state index in [0.29, 0.717) is 19.4 Å². The number of amides is 1. The third-order valence-electron chi connectivity index (χ3n) is 5.01. The Bertz CT molecular complexity index is 474. The third-order valence-corrected chi connectivity index (χ3v) is 5.71. The van der Waals surface area contributed by atoms with Gasteiger partial charge >= 0.3 is 5.97 Å². The first-order chi connectivity index (χ1) is 14.4. The number of hydrogen-bond acceptors (Lipinski definition) is 4. The Morgan fingerprint density at radius 1 is 0.967 bits per heavy atom. The Morgan fingerprint density at radius 3 is 2.23 bits per heavy atom. The molecule has 0 saturated carbocycles. The highest BCUT2D eigenvalue weighted by molar-refractivity contribution is 6.20. The van der Waals surface area contributed by atoms with E-state index in [1.165, 1.54) is 26.2 Å². The van der Waals surface area contributed by atoms with Crippen LogP contribution < -0.4 is 0 Å². The predicted octanol–water partition coefficient (Wildman–Crippen LogP) is 5.72. The molecule has 0 unspecified atom stereocenters. The fraction of sp³-hybridized carbons (Fsp3) is 0.826. The molecule has 0 saturated heterocycles. The Kier molecular flexibility index (Phi) is 19.6. The number of hydrogen-bond donors (Lipinski definition) is 0. The van der Waals surface area contributed by atoms with Gasteiger partial charge in [0.25, 0.3) is 0 Å². The number of ether oxygens (including phenoxy) is 2. The van der Waals surface area contributed by atoms with Crippen LogP contribution in [-0.4, -0.2) is 61.4 Å². The summed E-state index contributed by atoms with van der Waals surface area (Å²) >= 11 is 12.1. The molecule has 0 heterocycles. The van der Waals surface area contributed by atoms with E-state index in [0.717, 1.165) is 44.4 Å². The summed E-state index contributed by atoms with van der Waals surface area (Å²) in [6.45, 7) is 1.84. The van der Waals surface area contributed by atoms with Gasteiger partial charge in [0, 0.05) is 38.8 Å². The van der Waals surface area contributed by atoms with Crippen molar-refractivity contribution in [2.75, 3.05) is 33.3 Å². The topological polar surface area (TPSA) is 55.8 Å². The summed E-state index contributed by atoms with van der Waals surface area (Å²) in [4.78, 5) is 24.9. The molecule has 0 N–H and O–H groups in total. The average Bonchev–Trinajstić information content (AvgIpc) is 2.72. The lowest BCUT2D eigenvalue weighted by atomic mass is 10.1. The maximum atomic E-state index is 12.3. The summed E-state index contributed by atoms with van der Waals surface area (Å²) in [6, 6.07) is -0.265. The predicted molar refractivity (Wildman–Crippen MR) is 125 cm³/mol. The van der Waals surface area contributed by atoms with Gasteiger partial charge in [-0.15, -0.1) is 23.2 Å². The van der Waals surface area contributed by atoms with E-state index >= 15 is 0 Å². The SMILES string of the molecule is COC[C@@H](COC(C)=O)N(C)C(=O)CC/C=C/CCCC[C@H](Cl)CCCCCCCl. The van der Waals surface area contributed by atoms with Crippen LogP contribution in [0.15, 0.2) is 12.2 Å². The molecule has 1 amide bonds. The van der Waals surface area contributed by atoms with E-state index in [1.54, 1.807) is 19.1 Å². The minimum Gasteiger partial charge on any atom is -0.464 e. The molecule has 0 aromatic rings. The lowest BCUT2D eigenvalue weighted by Gasteiger charge is -2.27. The van der Waals surface area contributed by atoms with Crippen molar-refractivity contribution in [2.24, 2.45) is 0 Å². The first-order valence-corrected chi connectivity index (χ1v) is 12.1. The first-order valence-electron chi connectivity index (χ1n) is 11.1. The van der Waals surface area contributed by atoms with Gasteiger partial charge in [0.05, 0.1) is 12.6 Å². The summed E-state index contributed by atoms with van der Waals surface area (Å²) in [7, 11) is 3.29. The standard InChI is InChI=1S/C23H41Cl2NO4/c1-20(27)30-19-22(18-29-3)26(2)23(28)16-12-7-5-4-6-10-14-21(25)15-11-8-9-13-17-24/h5,7,21-22H,4,6,8-19H2,1-3H3/b7-5+/t21-,22-/m0/s1. The van der Waals surface area contributed by atoms with Gasteiger partial charge < -0.3 is 14.4 Å². The van der Waals surface area contributed by atoms with Crippen LogP contribution in [0.25, 0.3) is 0 Å². The fourth-order valence-electron chi connectivity index (χ4n) is 3.09. The molecule has 0 aliphatic heterocycles. The minimum absolute atomic E-state index is 0.0184. The lowest BCUT2D eigenvalue weighted by molar-refractivity contribution is -0.146. The van der Waals surface area contributed by atoms with Crippen molar-refractivity contribution in [3.05, 3.63) is 12.2 Å². The van der Waals surface area contributed by atoms with Crippen LogP contribution in [0.4, 0.5) is 0 Å². The zero-order chi connectivity index (χ0) is 22.6. The molecule has 0 aromatic heterocycles. The maximum Gasteiger partial charge on any atom is 0.302 e. The van der Waals surface area contributed by atoms with Crippen molar-refractivity contribution in [1.82, 2.24) is 4.90 Å². The van der Waals surface area contributed by atoms with Gasteiger partial charge in [-0.25, -0.2) is 0 Å². The molecule has 0 spiro atoms. The van der Waals surface area contributed by atoms with Crippen LogP contribution in [0.2, 0.25) is 0 Å². The normalized spacial score (nSPS) is 13.4. The van der Waals surface area contributed by atoms with E-state index in [4.69, 9.17) is 32.7 Å². The largest absolute Gasteiger partial charge is 0.464 e. The minimum atomic E-state index is -0.359. The van der Waals surface area contributed by atoms with E-state index in [2.05, 4.69) is 12.2 Å². The van der Waals surface area contributed by atoms with Crippen molar-refractivity contribution in [1.29, 1.82) is 0 Å². The number of unbranched alkanes of at least 4 members (excludes halogenated alkanes) is 5. The molecule has 0 fully saturated rings. The van der Waals surface area contributed by atoms with Gasteiger partial charge in [-0.3, -0.25) is 9.59 Å². The van der Waals surface area contributed by atoms with Crippen molar-refractivity contribution in [3.63, 3.8) is 0 Å². The van der Waals surface area contributed by atoms with Crippen molar-refractivity contribution in [3.8, 4) is 0 Å². The zero-order valence-electron chi connectivity index (χ0n) is 19.0. The number of nitrogens with zero attached hydrogens (tertiary/aromatic N) is 1. The number of alkyl halides is 2. The Labute approximate surface area is 193 Å². The Hall–Kier alpha value is -0.780. The maximum absolute atomic E-state index is 12.3. The highest BCUT2D eigenvalue weighted by Gasteiger charge is 2.20. The zero-order valence-corrected chi connectivity index (χ0v) is 20.6. The second-order valence-corrected chi connectivity index (χ2v) is 8.70. The van der Waals surface area contributed by atoms with Crippen molar-refractivity contribution in [2.45, 2.75) is 89.0 Å². The quantitative estimate of drug-likeness (QED) is 0.106. The van der Waals surface area contributed by atoms with Crippen LogP contribution in [0, 0.1) is 0 Å². The van der Waals surface area contributed by atoms with Crippen LogP contribution >= 0.6 is 23.2 Å². The molecule has 0 aliphatic rings. The number of carbonyl (C=O) groups is 2. The molecule has 7 heteroatoms. The molecule has 0 aliphatic carbocycles. The van der Waals surface area contributed by atoms with Gasteiger partial charge in [-0.05, 0) is 38.5 Å². The van der Waals surface area contributed by atoms with Gasteiger partial charge in [0.2, 0.25) is 5.91 Å². The van der Waals surface area contributed by atoms with Crippen LogP contribution in [0.3, 0.4) is 0 Å². The smallest absolute Gasteiger partial charge is 0.302 e. The molecule has 176 valence electrons. The number of methoxy groups -OCH3 is 1. The highest BCUT2D eigenvalue weighted by Crippen LogP contribution is 2.17. The molecule has 5 nitrogen and oxygen atoms in total. The van der Waals surface area contributed by atoms with Gasteiger partial charge in [0.1, 0.15) is 6.61 Å². The first kappa shape index (κ1) is 29.2. The fourth-order valence-corrected chi connectivity index (χ4v) is 3.58. The van der Waals surface area contributed by atoms with Crippen LogP contribution in [0.5, 0.6) is 0 Å². The number of esters is 1. The monoisotopic (exact) mass is 465 g/mol. The number of likely N-dealkylation sites (N-methyl/N-ethyl adjacent to an activating group) is 1. The van der Waals surface area contributed by atoms with Crippen molar-refractivity contribution >= 4 is 35.1 Å². The molecular formula is C23H41Cl2NO4. The Balaban J connectivity index is 3.85. The number of rotatable bonds is 19. The number of carbonyl (C=O) groups excluding carboxylic acids is 2. The molecular weight excluding hydrogens is 425 g/mol. The molecule has 0 radical (unpaired) electrons. The second-order valence-electron chi connectivity index (χ2n) is 7.70. The number of allylic oxidation sites excluding steroid dienone is 2. The molecule has 0 aromatic carbocycles. The molecule has 30 heavy (non-hydrogen) atoms. The van der Waals surface area contributed by atoms with E-state index in [9.17, 15) is 9.59 Å². The van der Waals surface area contributed by atoms with Gasteiger partial charge in [-0.2, -0.15) is 0 Å². The summed E-state index contributed by atoms with van der Waals surface area (Å²) in [6.07, 6.45) is 15.5. The summed E-state index contributed by atoms with van der Waals surface area (Å²) in [5, 5.41) is 0.283. The summed E-state index contributed by atoms with van der Waals surface area (Å²) in [5.74, 6) is 0.417. The summed E-state index contributed by atoms with van der Waals surface area (Å²) < 4.78 is 10.1. The molecule has 2 atom stereocenters. The van der Waals surface area contributed by atoms with E-state index in [1.807, 2.05) is 0 Å². The summed E-state index contributed by atoms with van der Waals surface area (Å²) in [5.41, 5.74) is 0. The van der Waals surface area contributed by atoms with E-state index < -0.39 is 0 Å². The third kappa shape index (κ3) is 17.0. The van der Waals surface area contributed by atoms with Crippen LogP contribution in [0.1, 0.15) is 77.6 Å². The second kappa shape index (κ2) is 20.1. The van der Waals surface area contributed by atoms with Crippen molar-refractivity contribution < 1.29 is 19.1 Å². The average molecular weight is 466 g/mol. The molecule has 0 bridgehead atoms. The van der Waals surface area contributed by atoms with Crippen LogP contribution in [-0.2, 0) is 19.1 Å². The van der Waals surface area contributed by atoms with Gasteiger partial charge in [-0.1, -0.05) is 37.8 Å². The Morgan fingerprint density at radius 2 is 1.60 bits per heavy atom. The number of halogens is 2. The lowest BCUT2D eigenvalue weighted by Crippen LogP contribution is -2.43. The molecule has 0 rings (SSSR count). The van der Waals surface area contributed by atoms with Gasteiger partial charge in [0.15, 0.2) is 0 Å². The highest BCUT2D eigenvalue weighted by atomic mass is 35.5. The van der Waals surface area contributed by atoms with E-state index in [-0.39, 0.29) is 29.9 Å².